The Morgan fingerprint density at radius 2 is 2.21 bits per heavy atom. The fourth-order valence-corrected chi connectivity index (χ4v) is 1.08. The molecule has 4 nitrogen and oxygen atoms in total. The Hall–Kier alpha value is -0.970. The highest BCUT2D eigenvalue weighted by Gasteiger charge is 2.06. The smallest absolute Gasteiger partial charge is 0.199 e. The quantitative estimate of drug-likeness (QED) is 0.520. The van der Waals surface area contributed by atoms with Crippen molar-refractivity contribution in [2.45, 2.75) is 12.7 Å². The fraction of sp³-hybridized carbons (Fsp3) is 0.333. The molecule has 0 saturated heterocycles. The van der Waals surface area contributed by atoms with E-state index in [2.05, 4.69) is 0 Å². The van der Waals surface area contributed by atoms with Crippen molar-refractivity contribution in [3.63, 3.8) is 0 Å². The minimum Gasteiger partial charge on any atom is -0.465 e. The van der Waals surface area contributed by atoms with E-state index in [-0.39, 0.29) is 13.0 Å². The second-order valence-electron chi connectivity index (χ2n) is 2.77. The van der Waals surface area contributed by atoms with E-state index in [1.807, 2.05) is 0 Å². The molecule has 1 rings (SSSR count). The summed E-state index contributed by atoms with van der Waals surface area (Å²) in [6, 6.07) is 4.70. The maximum absolute atomic E-state index is 9.21. The Kier molecular flexibility index (Phi) is 4.00. The SMILES string of the molecule is Nc1ccc(OC(O)CCO)cc1Cl. The topological polar surface area (TPSA) is 75.7 Å². The van der Waals surface area contributed by atoms with Crippen LogP contribution in [0.3, 0.4) is 0 Å². The van der Waals surface area contributed by atoms with Crippen LogP contribution in [0.5, 0.6) is 5.75 Å². The molecule has 0 aliphatic carbocycles. The number of nitrogens with two attached hydrogens (primary N) is 1. The minimum atomic E-state index is -1.03. The zero-order valence-corrected chi connectivity index (χ0v) is 8.24. The number of ether oxygens (including phenoxy) is 1. The van der Waals surface area contributed by atoms with Gasteiger partial charge in [0, 0.05) is 19.1 Å². The first kappa shape index (κ1) is 11.1. The highest BCUT2D eigenvalue weighted by atomic mass is 35.5. The summed E-state index contributed by atoms with van der Waals surface area (Å²) in [4.78, 5) is 0. The van der Waals surface area contributed by atoms with Gasteiger partial charge >= 0.3 is 0 Å². The number of benzene rings is 1. The molecule has 78 valence electrons. The van der Waals surface area contributed by atoms with Crippen LogP contribution in [0.1, 0.15) is 6.42 Å². The average molecular weight is 218 g/mol. The number of hydrogen-bond donors (Lipinski definition) is 3. The van der Waals surface area contributed by atoms with Crippen LogP contribution in [-0.4, -0.2) is 23.1 Å². The molecular weight excluding hydrogens is 206 g/mol. The van der Waals surface area contributed by atoms with Crippen molar-refractivity contribution < 1.29 is 14.9 Å². The molecule has 0 radical (unpaired) electrons. The van der Waals surface area contributed by atoms with Crippen molar-refractivity contribution >= 4 is 17.3 Å². The predicted molar refractivity (Wildman–Crippen MR) is 54.2 cm³/mol. The first-order chi connectivity index (χ1) is 6.63. The largest absolute Gasteiger partial charge is 0.465 e. The zero-order chi connectivity index (χ0) is 10.6. The number of rotatable bonds is 4. The molecule has 0 amide bonds. The maximum atomic E-state index is 9.21. The van der Waals surface area contributed by atoms with Crippen LogP contribution in [0.2, 0.25) is 5.02 Å². The van der Waals surface area contributed by atoms with Crippen LogP contribution < -0.4 is 10.5 Å². The Labute approximate surface area is 86.9 Å². The normalized spacial score (nSPS) is 12.5. The Balaban J connectivity index is 2.63. The lowest BCUT2D eigenvalue weighted by Crippen LogP contribution is -2.16. The number of nitrogen functional groups attached to an aromatic ring is 1. The van der Waals surface area contributed by atoms with E-state index in [0.29, 0.717) is 16.5 Å². The third kappa shape index (κ3) is 3.06. The summed E-state index contributed by atoms with van der Waals surface area (Å²) in [5.74, 6) is 0.421. The van der Waals surface area contributed by atoms with Gasteiger partial charge in [0.25, 0.3) is 0 Å². The number of aliphatic hydroxyl groups is 2. The molecule has 0 bridgehead atoms. The van der Waals surface area contributed by atoms with Gasteiger partial charge in [-0.3, -0.25) is 0 Å². The first-order valence-corrected chi connectivity index (χ1v) is 4.52. The summed E-state index contributed by atoms with van der Waals surface area (Å²) < 4.78 is 5.05. The molecule has 0 aliphatic rings. The molecule has 0 saturated carbocycles. The van der Waals surface area contributed by atoms with Crippen molar-refractivity contribution in [2.24, 2.45) is 0 Å². The van der Waals surface area contributed by atoms with E-state index < -0.39 is 6.29 Å². The van der Waals surface area contributed by atoms with Crippen molar-refractivity contribution in [3.8, 4) is 5.75 Å². The number of hydrogen-bond acceptors (Lipinski definition) is 4. The van der Waals surface area contributed by atoms with E-state index in [1.165, 1.54) is 6.07 Å². The predicted octanol–water partition coefficient (Wildman–Crippen LogP) is 1.00. The molecule has 1 unspecified atom stereocenters. The fourth-order valence-electron chi connectivity index (χ4n) is 0.908. The van der Waals surface area contributed by atoms with Crippen molar-refractivity contribution in [3.05, 3.63) is 23.2 Å². The van der Waals surface area contributed by atoms with Crippen LogP contribution in [0, 0.1) is 0 Å². The van der Waals surface area contributed by atoms with Gasteiger partial charge in [-0.2, -0.15) is 0 Å². The molecular formula is C9H12ClNO3. The van der Waals surface area contributed by atoms with Gasteiger partial charge < -0.3 is 20.7 Å². The van der Waals surface area contributed by atoms with Gasteiger partial charge in [0.2, 0.25) is 0 Å². The lowest BCUT2D eigenvalue weighted by molar-refractivity contribution is -0.0326. The van der Waals surface area contributed by atoms with Gasteiger partial charge in [0.05, 0.1) is 10.7 Å². The molecule has 1 aromatic carbocycles. The summed E-state index contributed by atoms with van der Waals surface area (Å²) >= 11 is 5.74. The summed E-state index contributed by atoms with van der Waals surface area (Å²) in [6.45, 7) is -0.135. The molecule has 0 spiro atoms. The number of anilines is 1. The van der Waals surface area contributed by atoms with E-state index in [0.717, 1.165) is 0 Å². The first-order valence-electron chi connectivity index (χ1n) is 4.14. The summed E-state index contributed by atoms with van der Waals surface area (Å²) in [7, 11) is 0. The highest BCUT2D eigenvalue weighted by Crippen LogP contribution is 2.24. The third-order valence-corrected chi connectivity index (χ3v) is 1.95. The van der Waals surface area contributed by atoms with Crippen molar-refractivity contribution in [1.29, 1.82) is 0 Å². The molecule has 0 heterocycles. The van der Waals surface area contributed by atoms with Gasteiger partial charge in [-0.25, -0.2) is 0 Å². The summed E-state index contributed by atoms with van der Waals surface area (Å²) in [5, 5.41) is 18.1. The second-order valence-corrected chi connectivity index (χ2v) is 3.18. The Morgan fingerprint density at radius 1 is 1.50 bits per heavy atom. The van der Waals surface area contributed by atoms with E-state index in [4.69, 9.17) is 27.2 Å². The molecule has 1 aromatic rings. The van der Waals surface area contributed by atoms with Crippen LogP contribution in [-0.2, 0) is 0 Å². The Morgan fingerprint density at radius 3 is 2.79 bits per heavy atom. The minimum absolute atomic E-state index is 0.135. The molecule has 0 aliphatic heterocycles. The third-order valence-electron chi connectivity index (χ3n) is 1.62. The van der Waals surface area contributed by atoms with E-state index in [9.17, 15) is 5.11 Å². The second kappa shape index (κ2) is 5.05. The Bertz CT molecular complexity index is 306. The molecule has 4 N–H and O–H groups in total. The van der Waals surface area contributed by atoms with Gasteiger partial charge in [-0.1, -0.05) is 11.6 Å². The summed E-state index contributed by atoms with van der Waals surface area (Å²) in [5.41, 5.74) is 5.94. The van der Waals surface area contributed by atoms with Crippen LogP contribution in [0.4, 0.5) is 5.69 Å². The van der Waals surface area contributed by atoms with E-state index in [1.54, 1.807) is 12.1 Å². The van der Waals surface area contributed by atoms with E-state index >= 15 is 0 Å². The molecule has 0 aromatic heterocycles. The van der Waals surface area contributed by atoms with Gasteiger partial charge in [-0.15, -0.1) is 0 Å². The number of aliphatic hydroxyl groups excluding tert-OH is 2. The standard InChI is InChI=1S/C9H12ClNO3/c10-7-5-6(1-2-8(7)11)14-9(13)3-4-12/h1-2,5,9,12-13H,3-4,11H2. The maximum Gasteiger partial charge on any atom is 0.199 e. The molecule has 0 fully saturated rings. The van der Waals surface area contributed by atoms with Crippen molar-refractivity contribution in [2.75, 3.05) is 12.3 Å². The van der Waals surface area contributed by atoms with Gasteiger partial charge in [0.15, 0.2) is 6.29 Å². The molecule has 1 atom stereocenters. The monoisotopic (exact) mass is 217 g/mol. The van der Waals surface area contributed by atoms with Gasteiger partial charge in [-0.05, 0) is 12.1 Å². The lowest BCUT2D eigenvalue weighted by Gasteiger charge is -2.12. The lowest BCUT2D eigenvalue weighted by atomic mass is 10.3. The van der Waals surface area contributed by atoms with Crippen LogP contribution in [0.15, 0.2) is 18.2 Å². The van der Waals surface area contributed by atoms with Gasteiger partial charge in [0.1, 0.15) is 5.75 Å². The molecule has 5 heteroatoms. The van der Waals surface area contributed by atoms with Crippen LogP contribution >= 0.6 is 11.6 Å². The molecule has 14 heavy (non-hydrogen) atoms. The zero-order valence-electron chi connectivity index (χ0n) is 7.48. The van der Waals surface area contributed by atoms with Crippen LogP contribution in [0.25, 0.3) is 0 Å². The summed E-state index contributed by atoms with van der Waals surface area (Å²) in [6.07, 6.45) is -0.873. The van der Waals surface area contributed by atoms with Crippen molar-refractivity contribution in [1.82, 2.24) is 0 Å². The average Bonchev–Trinajstić information content (AvgIpc) is 2.12. The number of halogens is 1. The highest BCUT2D eigenvalue weighted by molar-refractivity contribution is 6.33.